The van der Waals surface area contributed by atoms with Crippen molar-refractivity contribution in [2.45, 2.75) is 42.6 Å². The van der Waals surface area contributed by atoms with Crippen LogP contribution in [0.25, 0.3) is 5.69 Å². The van der Waals surface area contributed by atoms with Gasteiger partial charge in [0.1, 0.15) is 16.8 Å². The fourth-order valence-electron chi connectivity index (χ4n) is 3.90. The molecule has 1 unspecified atom stereocenters. The summed E-state index contributed by atoms with van der Waals surface area (Å²) in [7, 11) is 0. The van der Waals surface area contributed by atoms with Crippen LogP contribution in [0.15, 0.2) is 90.1 Å². The summed E-state index contributed by atoms with van der Waals surface area (Å²) in [5.74, 6) is 1.64. The maximum atomic E-state index is 13.3. The number of rotatable bonds is 10. The zero-order valence-electron chi connectivity index (χ0n) is 19.6. The van der Waals surface area contributed by atoms with Crippen LogP contribution >= 0.6 is 11.8 Å². The number of hydrogen-bond acceptors (Lipinski definition) is 5. The molecular formula is C28H28N4O2S. The second-order valence-corrected chi connectivity index (χ2v) is 9.59. The van der Waals surface area contributed by atoms with E-state index in [9.17, 15) is 4.79 Å². The van der Waals surface area contributed by atoms with E-state index >= 15 is 0 Å². The number of amides is 1. The normalized spacial score (nSPS) is 13.9. The van der Waals surface area contributed by atoms with Crippen molar-refractivity contribution in [3.05, 3.63) is 102 Å². The van der Waals surface area contributed by atoms with Gasteiger partial charge in [0.2, 0.25) is 5.91 Å². The summed E-state index contributed by atoms with van der Waals surface area (Å²) >= 11 is 1.43. The maximum absolute atomic E-state index is 13.3. The number of hydrogen-bond donors (Lipinski definition) is 1. The van der Waals surface area contributed by atoms with Gasteiger partial charge in [0.15, 0.2) is 5.16 Å². The zero-order chi connectivity index (χ0) is 24.0. The summed E-state index contributed by atoms with van der Waals surface area (Å²) in [6, 6.07) is 28.3. The Morgan fingerprint density at radius 2 is 1.69 bits per heavy atom. The summed E-state index contributed by atoms with van der Waals surface area (Å²) < 4.78 is 7.68. The van der Waals surface area contributed by atoms with E-state index in [4.69, 9.17) is 4.74 Å². The van der Waals surface area contributed by atoms with E-state index in [-0.39, 0.29) is 11.9 Å². The third-order valence-electron chi connectivity index (χ3n) is 5.80. The first kappa shape index (κ1) is 23.2. The summed E-state index contributed by atoms with van der Waals surface area (Å²) in [5, 5.41) is 12.5. The summed E-state index contributed by atoms with van der Waals surface area (Å²) in [6.45, 7) is 2.58. The van der Waals surface area contributed by atoms with Crippen molar-refractivity contribution in [2.75, 3.05) is 6.61 Å². The number of thioether (sulfide) groups is 1. The molecule has 0 radical (unpaired) electrons. The first-order valence-corrected chi connectivity index (χ1v) is 12.8. The van der Waals surface area contributed by atoms with Gasteiger partial charge in [-0.2, -0.15) is 0 Å². The molecule has 1 aromatic heterocycles. The van der Waals surface area contributed by atoms with Crippen molar-refractivity contribution in [3.8, 4) is 11.4 Å². The van der Waals surface area contributed by atoms with E-state index in [0.29, 0.717) is 18.2 Å². The van der Waals surface area contributed by atoms with Crippen molar-refractivity contribution in [3.63, 3.8) is 0 Å². The third kappa shape index (κ3) is 5.74. The van der Waals surface area contributed by atoms with Crippen LogP contribution in [0, 0.1) is 0 Å². The predicted octanol–water partition coefficient (Wildman–Crippen LogP) is 5.37. The minimum Gasteiger partial charge on any atom is -0.494 e. The van der Waals surface area contributed by atoms with Crippen molar-refractivity contribution in [2.24, 2.45) is 0 Å². The molecule has 6 nitrogen and oxygen atoms in total. The monoisotopic (exact) mass is 484 g/mol. The van der Waals surface area contributed by atoms with E-state index in [1.165, 1.54) is 11.8 Å². The molecule has 1 aliphatic rings. The highest BCUT2D eigenvalue weighted by molar-refractivity contribution is 8.00. The van der Waals surface area contributed by atoms with Crippen molar-refractivity contribution < 1.29 is 9.53 Å². The lowest BCUT2D eigenvalue weighted by atomic mass is 10.1. The fourth-order valence-corrected chi connectivity index (χ4v) is 4.98. The van der Waals surface area contributed by atoms with E-state index < -0.39 is 5.25 Å². The van der Waals surface area contributed by atoms with Crippen LogP contribution in [-0.4, -0.2) is 33.3 Å². The minimum atomic E-state index is -0.424. The Bertz CT molecular complexity index is 1260. The molecule has 1 atom stereocenters. The molecule has 1 saturated carbocycles. The molecule has 1 fully saturated rings. The van der Waals surface area contributed by atoms with Crippen molar-refractivity contribution in [1.29, 1.82) is 0 Å². The topological polar surface area (TPSA) is 69.0 Å². The molecule has 0 spiro atoms. The largest absolute Gasteiger partial charge is 0.494 e. The Balaban J connectivity index is 1.51. The van der Waals surface area contributed by atoms with Crippen molar-refractivity contribution in [1.82, 2.24) is 20.1 Å². The molecule has 0 saturated heterocycles. The molecule has 7 heteroatoms. The molecule has 4 aromatic rings. The highest BCUT2D eigenvalue weighted by Crippen LogP contribution is 2.37. The lowest BCUT2D eigenvalue weighted by Gasteiger charge is -2.18. The van der Waals surface area contributed by atoms with Gasteiger partial charge in [-0.15, -0.1) is 10.2 Å². The van der Waals surface area contributed by atoms with Gasteiger partial charge in [0.05, 0.1) is 6.61 Å². The Morgan fingerprint density at radius 1 is 1.00 bits per heavy atom. The molecular weight excluding hydrogens is 456 g/mol. The van der Waals surface area contributed by atoms with Gasteiger partial charge in [0.25, 0.3) is 0 Å². The Morgan fingerprint density at radius 3 is 2.34 bits per heavy atom. The summed E-state index contributed by atoms with van der Waals surface area (Å²) in [5.41, 5.74) is 3.03. The zero-order valence-corrected chi connectivity index (χ0v) is 20.4. The number of nitrogens with zero attached hydrogens (tertiary/aromatic N) is 3. The minimum absolute atomic E-state index is 0.00885. The molecule has 0 bridgehead atoms. The maximum Gasteiger partial charge on any atom is 0.238 e. The van der Waals surface area contributed by atoms with E-state index in [2.05, 4.69) is 27.6 Å². The van der Waals surface area contributed by atoms with E-state index in [0.717, 1.165) is 41.2 Å². The fraction of sp³-hybridized carbons (Fsp3) is 0.250. The molecule has 1 heterocycles. The SMILES string of the molecule is CCOc1ccc(-n2c(Cc3ccccc3)nnc2SC(C(=O)NC2CC2)c2ccccc2)cc1. The van der Waals surface area contributed by atoms with E-state index in [1.54, 1.807) is 0 Å². The van der Waals surface area contributed by atoms with Gasteiger partial charge in [-0.1, -0.05) is 72.4 Å². The van der Waals surface area contributed by atoms with Gasteiger partial charge in [-0.25, -0.2) is 0 Å². The highest BCUT2D eigenvalue weighted by Gasteiger charge is 2.31. The average Bonchev–Trinajstić information content (AvgIpc) is 3.62. The number of ether oxygens (including phenoxy) is 1. The highest BCUT2D eigenvalue weighted by atomic mass is 32.2. The lowest BCUT2D eigenvalue weighted by Crippen LogP contribution is -2.30. The van der Waals surface area contributed by atoms with Crippen LogP contribution in [0.2, 0.25) is 0 Å². The second kappa shape index (κ2) is 10.8. The van der Waals surface area contributed by atoms with Crippen LogP contribution in [0.1, 0.15) is 42.0 Å². The standard InChI is InChI=1S/C28H28N4O2S/c1-2-34-24-17-15-23(16-18-24)32-25(19-20-9-5-3-6-10-20)30-31-28(32)35-26(21-11-7-4-8-12-21)27(33)29-22-13-14-22/h3-12,15-18,22,26H,2,13-14,19H2,1H3,(H,29,33). The van der Waals surface area contributed by atoms with Crippen molar-refractivity contribution >= 4 is 17.7 Å². The van der Waals surface area contributed by atoms with Crippen LogP contribution in [0.3, 0.4) is 0 Å². The average molecular weight is 485 g/mol. The molecule has 5 rings (SSSR count). The summed E-state index contributed by atoms with van der Waals surface area (Å²) in [4.78, 5) is 13.3. The number of carbonyl (C=O) groups is 1. The van der Waals surface area contributed by atoms with Gasteiger partial charge in [0, 0.05) is 18.2 Å². The number of nitrogens with one attached hydrogen (secondary N) is 1. The molecule has 1 aliphatic carbocycles. The predicted molar refractivity (Wildman–Crippen MR) is 138 cm³/mol. The number of aromatic nitrogens is 3. The van der Waals surface area contributed by atoms with E-state index in [1.807, 2.05) is 84.3 Å². The van der Waals surface area contributed by atoms with Gasteiger partial charge in [-0.3, -0.25) is 9.36 Å². The first-order chi connectivity index (χ1) is 17.2. The Kier molecular flexibility index (Phi) is 7.14. The van der Waals surface area contributed by atoms with Gasteiger partial charge < -0.3 is 10.1 Å². The lowest BCUT2D eigenvalue weighted by molar-refractivity contribution is -0.120. The smallest absolute Gasteiger partial charge is 0.238 e. The molecule has 3 aromatic carbocycles. The molecule has 1 N–H and O–H groups in total. The van der Waals surface area contributed by atoms with Crippen LogP contribution in [-0.2, 0) is 11.2 Å². The molecule has 0 aliphatic heterocycles. The first-order valence-electron chi connectivity index (χ1n) is 11.9. The van der Waals surface area contributed by atoms with Crippen LogP contribution in [0.5, 0.6) is 5.75 Å². The van der Waals surface area contributed by atoms with Crippen LogP contribution < -0.4 is 10.1 Å². The van der Waals surface area contributed by atoms with Crippen LogP contribution in [0.4, 0.5) is 0 Å². The third-order valence-corrected chi connectivity index (χ3v) is 7.00. The molecule has 35 heavy (non-hydrogen) atoms. The molecule has 178 valence electrons. The molecule has 1 amide bonds. The summed E-state index contributed by atoms with van der Waals surface area (Å²) in [6.07, 6.45) is 2.72. The Hall–Kier alpha value is -3.58. The number of benzene rings is 3. The Labute approximate surface area is 209 Å². The second-order valence-electron chi connectivity index (χ2n) is 8.51. The van der Waals surface area contributed by atoms with Gasteiger partial charge in [-0.05, 0) is 55.2 Å². The quantitative estimate of drug-likeness (QED) is 0.307. The number of carbonyl (C=O) groups excluding carboxylic acids is 1. The van der Waals surface area contributed by atoms with Gasteiger partial charge >= 0.3 is 0 Å².